The Hall–Kier alpha value is -3.21. The van der Waals surface area contributed by atoms with Crippen LogP contribution in [0.5, 0.6) is 5.75 Å². The highest BCUT2D eigenvalue weighted by Crippen LogP contribution is 2.66. The van der Waals surface area contributed by atoms with Crippen LogP contribution in [0, 0.1) is 5.41 Å². The van der Waals surface area contributed by atoms with Gasteiger partial charge in [-0.05, 0) is 73.1 Å². The summed E-state index contributed by atoms with van der Waals surface area (Å²) in [5.74, 6) is 1.28. The van der Waals surface area contributed by atoms with Crippen molar-refractivity contribution >= 4 is 33.9 Å². The highest BCUT2D eigenvalue weighted by molar-refractivity contribution is 7.81. The van der Waals surface area contributed by atoms with Crippen molar-refractivity contribution in [2.45, 2.75) is 69.4 Å². The van der Waals surface area contributed by atoms with Crippen LogP contribution in [0.1, 0.15) is 78.3 Å². The molecule has 4 fully saturated rings. The Balaban J connectivity index is 1.32. The summed E-state index contributed by atoms with van der Waals surface area (Å²) in [6.07, 6.45) is 7.83. The number of rotatable bonds is 6. The highest BCUT2D eigenvalue weighted by atomic mass is 32.2. The third kappa shape index (κ3) is 4.66. The first kappa shape index (κ1) is 29.2. The Morgan fingerprint density at radius 3 is 2.62 bits per heavy atom. The number of piperazine rings is 1. The lowest BCUT2D eigenvalue weighted by molar-refractivity contribution is -0.141. The van der Waals surface area contributed by atoms with Gasteiger partial charge >= 0.3 is 0 Å². The fourth-order valence-electron chi connectivity index (χ4n) is 8.91. The van der Waals surface area contributed by atoms with Gasteiger partial charge in [0.2, 0.25) is 5.91 Å². The molecule has 9 nitrogen and oxygen atoms in total. The third-order valence-electron chi connectivity index (χ3n) is 11.3. The molecular formula is C35H43N5O4S. The molecule has 10 heteroatoms. The van der Waals surface area contributed by atoms with Crippen LogP contribution in [-0.2, 0) is 22.5 Å². The number of hydrogen-bond donors (Lipinski definition) is 1. The van der Waals surface area contributed by atoms with Gasteiger partial charge in [0, 0.05) is 80.8 Å². The van der Waals surface area contributed by atoms with Gasteiger partial charge in [0.05, 0.1) is 18.2 Å². The van der Waals surface area contributed by atoms with Crippen molar-refractivity contribution in [1.82, 2.24) is 23.4 Å². The van der Waals surface area contributed by atoms with Gasteiger partial charge in [-0.2, -0.15) is 0 Å². The first-order valence-electron chi connectivity index (χ1n) is 16.6. The van der Waals surface area contributed by atoms with Crippen molar-refractivity contribution in [3.63, 3.8) is 0 Å². The molecule has 238 valence electrons. The number of aromatic nitrogens is 1. The molecule has 5 unspecified atom stereocenters. The average Bonchev–Trinajstić information content (AvgIpc) is 3.58. The van der Waals surface area contributed by atoms with Crippen molar-refractivity contribution in [3.05, 3.63) is 53.1 Å². The Labute approximate surface area is 267 Å². The molecule has 2 amide bonds. The summed E-state index contributed by atoms with van der Waals surface area (Å²) < 4.78 is 24.7. The topological polar surface area (TPSA) is 87.1 Å². The normalized spacial score (nSPS) is 27.8. The molecule has 2 saturated carbocycles. The molecule has 5 atom stereocenters. The lowest BCUT2D eigenvalue weighted by Crippen LogP contribution is -2.52. The molecule has 8 rings (SSSR count). The number of carbonyl (C=O) groups excluding carboxylic acids is 2. The van der Waals surface area contributed by atoms with Crippen LogP contribution in [-0.4, -0.2) is 88.1 Å². The molecule has 4 heterocycles. The number of nitrogens with zero attached hydrogens (tertiary/aromatic N) is 4. The van der Waals surface area contributed by atoms with Crippen LogP contribution in [0.2, 0.25) is 0 Å². The Morgan fingerprint density at radius 2 is 1.84 bits per heavy atom. The largest absolute Gasteiger partial charge is 0.497 e. The number of benzene rings is 2. The summed E-state index contributed by atoms with van der Waals surface area (Å²) in [6, 6.07) is 12.6. The van der Waals surface area contributed by atoms with Crippen molar-refractivity contribution in [3.8, 4) is 17.0 Å². The molecule has 2 saturated heterocycles. The van der Waals surface area contributed by atoms with E-state index in [0.29, 0.717) is 24.1 Å². The third-order valence-corrected chi connectivity index (χ3v) is 12.4. The standard InChI is InChI=1S/C35H43N5O4S/c1-37(2)45(43)36-33(41)23-9-11-27-30(17-23)40-21-35(34(42)39-16-15-38-14-13-24(39)20-38)19-29(35)28-18-25(44-3)10-12-26(28)32(40)31(27)22-7-5-4-6-8-22/h9-12,17-18,22,24,29H,4-8,13-16,19-21H2,1-3H3,(H,36,41). The number of fused-ring (bicyclic) bond motifs is 9. The fraction of sp³-hybridized carbons (Fsp3) is 0.543. The molecule has 2 aliphatic carbocycles. The van der Waals surface area contributed by atoms with E-state index in [1.165, 1.54) is 46.0 Å². The van der Waals surface area contributed by atoms with E-state index in [2.05, 4.69) is 43.4 Å². The second-order valence-corrected chi connectivity index (χ2v) is 15.4. The average molecular weight is 630 g/mol. The summed E-state index contributed by atoms with van der Waals surface area (Å²) >= 11 is -1.63. The molecule has 1 aromatic heterocycles. The zero-order valence-corrected chi connectivity index (χ0v) is 27.3. The second kappa shape index (κ2) is 11.0. The van der Waals surface area contributed by atoms with Gasteiger partial charge in [-0.15, -0.1) is 0 Å². The molecule has 45 heavy (non-hydrogen) atoms. The monoisotopic (exact) mass is 629 g/mol. The van der Waals surface area contributed by atoms with E-state index in [9.17, 15) is 13.8 Å². The zero-order valence-electron chi connectivity index (χ0n) is 26.5. The van der Waals surface area contributed by atoms with Crippen molar-refractivity contribution in [2.24, 2.45) is 5.41 Å². The van der Waals surface area contributed by atoms with Crippen LogP contribution in [0.15, 0.2) is 36.4 Å². The van der Waals surface area contributed by atoms with E-state index < -0.39 is 16.6 Å². The molecule has 1 N–H and O–H groups in total. The van der Waals surface area contributed by atoms with Crippen molar-refractivity contribution in [2.75, 3.05) is 47.4 Å². The Morgan fingerprint density at radius 1 is 1.02 bits per heavy atom. The van der Waals surface area contributed by atoms with E-state index in [1.54, 1.807) is 21.2 Å². The van der Waals surface area contributed by atoms with E-state index in [4.69, 9.17) is 4.74 Å². The van der Waals surface area contributed by atoms with Crippen LogP contribution in [0.25, 0.3) is 22.2 Å². The smallest absolute Gasteiger partial charge is 0.264 e. The second-order valence-electron chi connectivity index (χ2n) is 14.0. The molecule has 0 radical (unpaired) electrons. The van der Waals surface area contributed by atoms with Crippen LogP contribution >= 0.6 is 0 Å². The summed E-state index contributed by atoms with van der Waals surface area (Å²) in [4.78, 5) is 32.8. The number of methoxy groups -OCH3 is 1. The first-order valence-corrected chi connectivity index (χ1v) is 17.7. The van der Waals surface area contributed by atoms with Gasteiger partial charge in [-0.1, -0.05) is 25.3 Å². The lowest BCUT2D eigenvalue weighted by atomic mass is 9.81. The van der Waals surface area contributed by atoms with Gasteiger partial charge in [-0.25, -0.2) is 8.51 Å². The van der Waals surface area contributed by atoms with Gasteiger partial charge in [-0.3, -0.25) is 19.2 Å². The maximum atomic E-state index is 14.8. The fourth-order valence-corrected chi connectivity index (χ4v) is 9.37. The van der Waals surface area contributed by atoms with E-state index in [-0.39, 0.29) is 17.7 Å². The van der Waals surface area contributed by atoms with Gasteiger partial charge in [0.15, 0.2) is 11.2 Å². The SMILES string of the molecule is COc1ccc2c(c1)C1CC1(C(=O)N1CCN3CCC1C3)Cn1c-2c(C2CCCCC2)c2ccc(C(=O)NS(=O)N(C)C)cc21. The molecule has 3 aromatic rings. The Kier molecular flexibility index (Phi) is 7.11. The predicted molar refractivity (Wildman–Crippen MR) is 175 cm³/mol. The van der Waals surface area contributed by atoms with Crippen LogP contribution in [0.4, 0.5) is 0 Å². The molecule has 2 bridgehead atoms. The number of ether oxygens (including phenoxy) is 1. The molecular weight excluding hydrogens is 586 g/mol. The highest BCUT2D eigenvalue weighted by Gasteiger charge is 2.64. The maximum absolute atomic E-state index is 14.8. The van der Waals surface area contributed by atoms with Crippen LogP contribution in [0.3, 0.4) is 0 Å². The van der Waals surface area contributed by atoms with Gasteiger partial charge in [0.25, 0.3) is 5.91 Å². The maximum Gasteiger partial charge on any atom is 0.264 e. The van der Waals surface area contributed by atoms with Crippen molar-refractivity contribution in [1.29, 1.82) is 0 Å². The zero-order chi connectivity index (χ0) is 31.0. The summed E-state index contributed by atoms with van der Waals surface area (Å²) in [6.45, 7) is 4.39. The number of hydrogen-bond acceptors (Lipinski definition) is 5. The quantitative estimate of drug-likeness (QED) is 0.430. The molecule has 5 aliphatic rings. The molecule has 3 aliphatic heterocycles. The number of amides is 2. The van der Waals surface area contributed by atoms with Crippen molar-refractivity contribution < 1.29 is 18.5 Å². The minimum atomic E-state index is -1.63. The molecule has 0 spiro atoms. The Bertz CT molecular complexity index is 1730. The summed E-state index contributed by atoms with van der Waals surface area (Å²) in [5, 5.41) is 1.16. The predicted octanol–water partition coefficient (Wildman–Crippen LogP) is 4.64. The minimum absolute atomic E-state index is 0.123. The number of nitrogens with one attached hydrogen (secondary N) is 1. The first-order chi connectivity index (χ1) is 21.8. The van der Waals surface area contributed by atoms with E-state index in [1.807, 2.05) is 12.1 Å². The summed E-state index contributed by atoms with van der Waals surface area (Å²) in [7, 11) is 5.05. The number of carbonyl (C=O) groups is 2. The molecule has 2 aromatic carbocycles. The van der Waals surface area contributed by atoms with E-state index >= 15 is 0 Å². The van der Waals surface area contributed by atoms with Gasteiger partial charge in [0.1, 0.15) is 5.75 Å². The summed E-state index contributed by atoms with van der Waals surface area (Å²) in [5.41, 5.74) is 5.89. The van der Waals surface area contributed by atoms with E-state index in [0.717, 1.165) is 68.5 Å². The lowest BCUT2D eigenvalue weighted by Gasteiger charge is -2.37. The van der Waals surface area contributed by atoms with Crippen LogP contribution < -0.4 is 9.46 Å². The van der Waals surface area contributed by atoms with Gasteiger partial charge < -0.3 is 14.2 Å². The minimum Gasteiger partial charge on any atom is -0.497 e.